The number of ether oxygens (including phenoxy) is 2. The SMILES string of the molecule is CCOC1COC(=O)C1. The first-order valence-electron chi connectivity index (χ1n) is 3.10. The van der Waals surface area contributed by atoms with Crippen LogP contribution in [0.15, 0.2) is 0 Å². The van der Waals surface area contributed by atoms with Crippen molar-refractivity contribution in [1.29, 1.82) is 0 Å². The molecule has 0 aromatic rings. The zero-order chi connectivity index (χ0) is 6.69. The fourth-order valence-corrected chi connectivity index (χ4v) is 0.832. The molecule has 0 amide bonds. The van der Waals surface area contributed by atoms with E-state index in [0.717, 1.165) is 0 Å². The van der Waals surface area contributed by atoms with Crippen LogP contribution in [0.1, 0.15) is 13.3 Å². The highest BCUT2D eigenvalue weighted by Crippen LogP contribution is 2.08. The van der Waals surface area contributed by atoms with Gasteiger partial charge in [0.2, 0.25) is 0 Å². The van der Waals surface area contributed by atoms with Crippen LogP contribution in [0.2, 0.25) is 0 Å². The van der Waals surface area contributed by atoms with Crippen LogP contribution in [0.25, 0.3) is 0 Å². The first-order valence-corrected chi connectivity index (χ1v) is 3.10. The van der Waals surface area contributed by atoms with Crippen LogP contribution in [0.5, 0.6) is 0 Å². The summed E-state index contributed by atoms with van der Waals surface area (Å²) < 4.78 is 9.78. The van der Waals surface area contributed by atoms with E-state index in [4.69, 9.17) is 4.74 Å². The molecule has 0 aromatic carbocycles. The van der Waals surface area contributed by atoms with Gasteiger partial charge in [0.1, 0.15) is 12.7 Å². The van der Waals surface area contributed by atoms with Gasteiger partial charge in [-0.05, 0) is 6.92 Å². The Morgan fingerprint density at radius 1 is 1.89 bits per heavy atom. The lowest BCUT2D eigenvalue weighted by atomic mass is 10.3. The first kappa shape index (κ1) is 6.55. The number of cyclic esters (lactones) is 1. The zero-order valence-electron chi connectivity index (χ0n) is 5.42. The van der Waals surface area contributed by atoms with Crippen molar-refractivity contribution >= 4 is 5.97 Å². The molecule has 0 aromatic heterocycles. The molecule has 1 saturated heterocycles. The number of hydrogen-bond acceptors (Lipinski definition) is 3. The molecule has 1 aliphatic heterocycles. The van der Waals surface area contributed by atoms with Gasteiger partial charge in [-0.3, -0.25) is 4.79 Å². The minimum absolute atomic E-state index is 0.0162. The zero-order valence-corrected chi connectivity index (χ0v) is 5.42. The molecule has 1 unspecified atom stereocenters. The van der Waals surface area contributed by atoms with Gasteiger partial charge in [0.15, 0.2) is 0 Å². The van der Waals surface area contributed by atoms with E-state index >= 15 is 0 Å². The second-order valence-corrected chi connectivity index (χ2v) is 1.96. The summed E-state index contributed by atoms with van der Waals surface area (Å²) in [6, 6.07) is 0. The summed E-state index contributed by atoms with van der Waals surface area (Å²) in [6.07, 6.45) is 0.441. The lowest BCUT2D eigenvalue weighted by molar-refractivity contribution is -0.137. The van der Waals surface area contributed by atoms with Crippen molar-refractivity contribution in [2.24, 2.45) is 0 Å². The molecule has 0 radical (unpaired) electrons. The van der Waals surface area contributed by atoms with Crippen molar-refractivity contribution in [3.63, 3.8) is 0 Å². The maximum absolute atomic E-state index is 10.4. The van der Waals surface area contributed by atoms with Crippen molar-refractivity contribution in [3.8, 4) is 0 Å². The van der Waals surface area contributed by atoms with Gasteiger partial charge in [0.05, 0.1) is 6.42 Å². The molecule has 0 spiro atoms. The quantitative estimate of drug-likeness (QED) is 0.505. The summed E-state index contributed by atoms with van der Waals surface area (Å²) in [7, 11) is 0. The third kappa shape index (κ3) is 1.68. The molecule has 0 aliphatic carbocycles. The molecule has 0 saturated carbocycles. The van der Waals surface area contributed by atoms with Crippen molar-refractivity contribution in [2.75, 3.05) is 13.2 Å². The molecule has 3 heteroatoms. The van der Waals surface area contributed by atoms with Gasteiger partial charge in [-0.1, -0.05) is 0 Å². The van der Waals surface area contributed by atoms with E-state index in [-0.39, 0.29) is 12.1 Å². The standard InChI is InChI=1S/C6H10O3/c1-2-8-5-3-6(7)9-4-5/h5H,2-4H2,1H3. The van der Waals surface area contributed by atoms with Gasteiger partial charge < -0.3 is 9.47 Å². The van der Waals surface area contributed by atoms with Crippen molar-refractivity contribution in [1.82, 2.24) is 0 Å². The molecular weight excluding hydrogens is 120 g/mol. The fourth-order valence-electron chi connectivity index (χ4n) is 0.832. The minimum Gasteiger partial charge on any atom is -0.463 e. The summed E-state index contributed by atoms with van der Waals surface area (Å²) in [5.74, 6) is -0.145. The summed E-state index contributed by atoms with van der Waals surface area (Å²) in [5.41, 5.74) is 0. The van der Waals surface area contributed by atoms with Gasteiger partial charge >= 0.3 is 5.97 Å². The molecule has 1 fully saturated rings. The fraction of sp³-hybridized carbons (Fsp3) is 0.833. The van der Waals surface area contributed by atoms with E-state index in [1.165, 1.54) is 0 Å². The predicted molar refractivity (Wildman–Crippen MR) is 31.0 cm³/mol. The Morgan fingerprint density at radius 3 is 3.11 bits per heavy atom. The van der Waals surface area contributed by atoms with E-state index < -0.39 is 0 Å². The topological polar surface area (TPSA) is 35.5 Å². The number of carbonyl (C=O) groups excluding carboxylic acids is 1. The molecule has 0 bridgehead atoms. The van der Waals surface area contributed by atoms with Crippen molar-refractivity contribution in [3.05, 3.63) is 0 Å². The molecule has 52 valence electrons. The van der Waals surface area contributed by atoms with E-state index in [1.807, 2.05) is 6.92 Å². The molecule has 1 aliphatic rings. The predicted octanol–water partition coefficient (Wildman–Crippen LogP) is 0.338. The Morgan fingerprint density at radius 2 is 2.67 bits per heavy atom. The van der Waals surface area contributed by atoms with Crippen LogP contribution in [-0.4, -0.2) is 25.3 Å². The summed E-state index contributed by atoms with van der Waals surface area (Å²) in [4.78, 5) is 10.4. The van der Waals surface area contributed by atoms with Crippen LogP contribution in [0.4, 0.5) is 0 Å². The van der Waals surface area contributed by atoms with Crippen LogP contribution in [0, 0.1) is 0 Å². The lowest BCUT2D eigenvalue weighted by Gasteiger charge is -2.03. The van der Waals surface area contributed by atoms with E-state index in [0.29, 0.717) is 19.6 Å². The Kier molecular flexibility index (Phi) is 2.05. The number of rotatable bonds is 2. The van der Waals surface area contributed by atoms with Gasteiger partial charge in [0.25, 0.3) is 0 Å². The average Bonchev–Trinajstić information content (AvgIpc) is 2.17. The first-order chi connectivity index (χ1) is 4.33. The van der Waals surface area contributed by atoms with Crippen LogP contribution < -0.4 is 0 Å². The smallest absolute Gasteiger partial charge is 0.308 e. The lowest BCUT2D eigenvalue weighted by Crippen LogP contribution is -2.11. The summed E-state index contributed by atoms with van der Waals surface area (Å²) >= 11 is 0. The molecule has 0 N–H and O–H groups in total. The maximum atomic E-state index is 10.4. The maximum Gasteiger partial charge on any atom is 0.308 e. The summed E-state index contributed by atoms with van der Waals surface area (Å²) in [5, 5.41) is 0. The minimum atomic E-state index is -0.145. The number of esters is 1. The van der Waals surface area contributed by atoms with E-state index in [1.54, 1.807) is 0 Å². The molecular formula is C6H10O3. The van der Waals surface area contributed by atoms with Crippen LogP contribution in [-0.2, 0) is 14.3 Å². The van der Waals surface area contributed by atoms with E-state index in [2.05, 4.69) is 4.74 Å². The van der Waals surface area contributed by atoms with Crippen LogP contribution >= 0.6 is 0 Å². The molecule has 1 atom stereocenters. The number of carbonyl (C=O) groups is 1. The van der Waals surface area contributed by atoms with Crippen molar-refractivity contribution in [2.45, 2.75) is 19.4 Å². The highest BCUT2D eigenvalue weighted by atomic mass is 16.6. The molecule has 9 heavy (non-hydrogen) atoms. The Bertz CT molecular complexity index is 111. The third-order valence-corrected chi connectivity index (χ3v) is 1.23. The summed E-state index contributed by atoms with van der Waals surface area (Å²) in [6.45, 7) is 3.00. The Labute approximate surface area is 53.9 Å². The second-order valence-electron chi connectivity index (χ2n) is 1.96. The molecule has 1 rings (SSSR count). The average molecular weight is 130 g/mol. The monoisotopic (exact) mass is 130 g/mol. The van der Waals surface area contributed by atoms with Gasteiger partial charge in [-0.25, -0.2) is 0 Å². The normalized spacial score (nSPS) is 26.3. The van der Waals surface area contributed by atoms with Gasteiger partial charge in [0, 0.05) is 6.61 Å². The van der Waals surface area contributed by atoms with Gasteiger partial charge in [-0.15, -0.1) is 0 Å². The Balaban J connectivity index is 2.22. The third-order valence-electron chi connectivity index (χ3n) is 1.23. The highest BCUT2D eigenvalue weighted by Gasteiger charge is 2.23. The van der Waals surface area contributed by atoms with Gasteiger partial charge in [-0.2, -0.15) is 0 Å². The number of hydrogen-bond donors (Lipinski definition) is 0. The van der Waals surface area contributed by atoms with E-state index in [9.17, 15) is 4.79 Å². The van der Waals surface area contributed by atoms with Crippen molar-refractivity contribution < 1.29 is 14.3 Å². The highest BCUT2D eigenvalue weighted by molar-refractivity contribution is 5.71. The molecule has 3 nitrogen and oxygen atoms in total. The largest absolute Gasteiger partial charge is 0.463 e. The van der Waals surface area contributed by atoms with Crippen LogP contribution in [0.3, 0.4) is 0 Å². The molecule has 1 heterocycles. The Hall–Kier alpha value is -0.570. The second kappa shape index (κ2) is 2.82.